The summed E-state index contributed by atoms with van der Waals surface area (Å²) in [6, 6.07) is 1.92. The minimum Gasteiger partial charge on any atom is -0.251 e. The number of fused-ring (bicyclic) bond motifs is 1. The summed E-state index contributed by atoms with van der Waals surface area (Å²) in [5.74, 6) is -1.59. The Hall–Kier alpha value is -1.86. The molecule has 0 bridgehead atoms. The fraction of sp³-hybridized carbons (Fsp3) is 0.0909. The van der Waals surface area contributed by atoms with E-state index in [1.54, 1.807) is 6.92 Å². The van der Waals surface area contributed by atoms with E-state index in [4.69, 9.17) is 23.2 Å². The maximum Gasteiger partial charge on any atom is 0.241 e. The van der Waals surface area contributed by atoms with Crippen LogP contribution in [0.1, 0.15) is 5.82 Å². The third-order valence-corrected chi connectivity index (χ3v) is 2.99. The second kappa shape index (κ2) is 4.60. The summed E-state index contributed by atoms with van der Waals surface area (Å²) in [6.45, 7) is 1.62. The van der Waals surface area contributed by atoms with Gasteiger partial charge in [0.1, 0.15) is 5.82 Å². The molecule has 2 heterocycles. The van der Waals surface area contributed by atoms with Crippen molar-refractivity contribution in [2.45, 2.75) is 6.92 Å². The van der Waals surface area contributed by atoms with Gasteiger partial charge in [-0.05, 0) is 30.1 Å². The summed E-state index contributed by atoms with van der Waals surface area (Å²) in [4.78, 5) is 15.7. The molecule has 3 rings (SSSR count). The van der Waals surface area contributed by atoms with E-state index in [1.807, 2.05) is 0 Å². The number of hydrogen-bond acceptors (Lipinski definition) is 4. The Bertz CT molecular complexity index is 813. The smallest absolute Gasteiger partial charge is 0.241 e. The summed E-state index contributed by atoms with van der Waals surface area (Å²) < 4.78 is 27.8. The number of aryl methyl sites for hydroxylation is 1. The van der Waals surface area contributed by atoms with Crippen molar-refractivity contribution in [1.82, 2.24) is 24.5 Å². The molecule has 0 radical (unpaired) electrons. The normalized spacial score (nSPS) is 11.2. The molecule has 0 aliphatic rings. The Morgan fingerprint density at radius 2 is 1.70 bits per heavy atom. The number of aromatic nitrogens is 5. The largest absolute Gasteiger partial charge is 0.251 e. The first-order chi connectivity index (χ1) is 9.45. The molecule has 0 saturated carbocycles. The minimum atomic E-state index is -1.02. The maximum atomic E-state index is 13.4. The molecule has 0 atom stereocenters. The first kappa shape index (κ1) is 13.1. The summed E-state index contributed by atoms with van der Waals surface area (Å²) in [6.07, 6.45) is 0. The van der Waals surface area contributed by atoms with Crippen molar-refractivity contribution in [3.63, 3.8) is 0 Å². The fourth-order valence-corrected chi connectivity index (χ4v) is 2.22. The van der Waals surface area contributed by atoms with Crippen LogP contribution >= 0.6 is 23.2 Å². The van der Waals surface area contributed by atoms with Gasteiger partial charge in [-0.25, -0.2) is 18.7 Å². The molecule has 0 amide bonds. The molecule has 0 spiro atoms. The Morgan fingerprint density at radius 1 is 1.00 bits per heavy atom. The standard InChI is InChI=1S/C11H5Cl2F2N5/c1-4-16-9(12)19-11(17-4)20-8-3-6(15)5(14)2-7(8)18-10(20)13/h2-3H,1H3. The Kier molecular flexibility index (Phi) is 3.02. The van der Waals surface area contributed by atoms with Crippen molar-refractivity contribution in [2.24, 2.45) is 0 Å². The number of rotatable bonds is 1. The first-order valence-electron chi connectivity index (χ1n) is 5.37. The second-order valence-corrected chi connectivity index (χ2v) is 4.60. The molecule has 0 aliphatic carbocycles. The average Bonchev–Trinajstić information content (AvgIpc) is 2.64. The van der Waals surface area contributed by atoms with Gasteiger partial charge in [0.2, 0.25) is 16.5 Å². The quantitative estimate of drug-likeness (QED) is 0.692. The van der Waals surface area contributed by atoms with Crippen molar-refractivity contribution >= 4 is 34.2 Å². The van der Waals surface area contributed by atoms with Crippen LogP contribution in [0.3, 0.4) is 0 Å². The van der Waals surface area contributed by atoms with Crippen molar-refractivity contribution in [1.29, 1.82) is 0 Å². The molecule has 20 heavy (non-hydrogen) atoms. The van der Waals surface area contributed by atoms with E-state index in [0.29, 0.717) is 5.82 Å². The number of imidazole rings is 1. The van der Waals surface area contributed by atoms with Crippen molar-refractivity contribution in [3.8, 4) is 5.95 Å². The molecule has 0 saturated heterocycles. The van der Waals surface area contributed by atoms with Gasteiger partial charge in [-0.15, -0.1) is 0 Å². The van der Waals surface area contributed by atoms with E-state index in [9.17, 15) is 8.78 Å². The lowest BCUT2D eigenvalue weighted by molar-refractivity contribution is 0.510. The van der Waals surface area contributed by atoms with Crippen LogP contribution in [0.25, 0.3) is 17.0 Å². The molecule has 0 fully saturated rings. The van der Waals surface area contributed by atoms with Crippen LogP contribution in [0, 0.1) is 18.6 Å². The number of nitrogens with zero attached hydrogens (tertiary/aromatic N) is 5. The molecular weight excluding hydrogens is 311 g/mol. The van der Waals surface area contributed by atoms with Crippen LogP contribution in [0.5, 0.6) is 0 Å². The highest BCUT2D eigenvalue weighted by molar-refractivity contribution is 6.29. The molecule has 9 heteroatoms. The van der Waals surface area contributed by atoms with Crippen LogP contribution in [0.15, 0.2) is 12.1 Å². The zero-order chi connectivity index (χ0) is 14.4. The summed E-state index contributed by atoms with van der Waals surface area (Å²) in [5, 5.41) is -0.0698. The maximum absolute atomic E-state index is 13.4. The predicted molar refractivity (Wildman–Crippen MR) is 69.1 cm³/mol. The van der Waals surface area contributed by atoms with E-state index in [0.717, 1.165) is 12.1 Å². The highest BCUT2D eigenvalue weighted by Crippen LogP contribution is 2.25. The van der Waals surface area contributed by atoms with E-state index in [1.165, 1.54) is 4.57 Å². The first-order valence-corrected chi connectivity index (χ1v) is 6.13. The monoisotopic (exact) mass is 315 g/mol. The van der Waals surface area contributed by atoms with Crippen LogP contribution in [-0.4, -0.2) is 24.5 Å². The highest BCUT2D eigenvalue weighted by atomic mass is 35.5. The van der Waals surface area contributed by atoms with Crippen molar-refractivity contribution in [2.75, 3.05) is 0 Å². The number of benzene rings is 1. The molecule has 102 valence electrons. The molecule has 0 aliphatic heterocycles. The van der Waals surface area contributed by atoms with Gasteiger partial charge in [0.15, 0.2) is 11.6 Å². The minimum absolute atomic E-state index is 0.0343. The zero-order valence-corrected chi connectivity index (χ0v) is 11.4. The van der Waals surface area contributed by atoms with Gasteiger partial charge in [-0.1, -0.05) is 0 Å². The lowest BCUT2D eigenvalue weighted by Gasteiger charge is -2.04. The predicted octanol–water partition coefficient (Wildman–Crippen LogP) is 3.10. The topological polar surface area (TPSA) is 56.5 Å². The third-order valence-electron chi connectivity index (χ3n) is 2.56. The number of hydrogen-bond donors (Lipinski definition) is 0. The van der Waals surface area contributed by atoms with Gasteiger partial charge in [-0.3, -0.25) is 4.57 Å². The lowest BCUT2D eigenvalue weighted by Crippen LogP contribution is -2.05. The SMILES string of the molecule is Cc1nc(Cl)nc(-n2c(Cl)nc3cc(F)c(F)cc32)n1. The lowest BCUT2D eigenvalue weighted by atomic mass is 10.3. The van der Waals surface area contributed by atoms with E-state index in [-0.39, 0.29) is 27.5 Å². The van der Waals surface area contributed by atoms with Crippen LogP contribution < -0.4 is 0 Å². The third kappa shape index (κ3) is 2.08. The van der Waals surface area contributed by atoms with Crippen LogP contribution in [0.4, 0.5) is 8.78 Å². The Morgan fingerprint density at radius 3 is 2.40 bits per heavy atom. The van der Waals surface area contributed by atoms with Gasteiger partial charge < -0.3 is 0 Å². The van der Waals surface area contributed by atoms with Crippen molar-refractivity contribution < 1.29 is 8.78 Å². The van der Waals surface area contributed by atoms with Gasteiger partial charge >= 0.3 is 0 Å². The van der Waals surface area contributed by atoms with E-state index < -0.39 is 11.6 Å². The summed E-state index contributed by atoms with van der Waals surface area (Å²) >= 11 is 11.7. The molecule has 0 N–H and O–H groups in total. The summed E-state index contributed by atoms with van der Waals surface area (Å²) in [7, 11) is 0. The van der Waals surface area contributed by atoms with Gasteiger partial charge in [-0.2, -0.15) is 9.97 Å². The second-order valence-electron chi connectivity index (χ2n) is 3.92. The van der Waals surface area contributed by atoms with Gasteiger partial charge in [0.05, 0.1) is 11.0 Å². The Labute approximate surface area is 121 Å². The van der Waals surface area contributed by atoms with E-state index >= 15 is 0 Å². The highest BCUT2D eigenvalue weighted by Gasteiger charge is 2.17. The van der Waals surface area contributed by atoms with Gasteiger partial charge in [0, 0.05) is 12.1 Å². The molecule has 1 aromatic carbocycles. The molecule has 0 unspecified atom stereocenters. The van der Waals surface area contributed by atoms with Crippen molar-refractivity contribution in [3.05, 3.63) is 40.2 Å². The summed E-state index contributed by atoms with van der Waals surface area (Å²) in [5.41, 5.74) is 0.415. The molecular formula is C11H5Cl2F2N5. The van der Waals surface area contributed by atoms with Crippen LogP contribution in [0.2, 0.25) is 10.6 Å². The molecule has 3 aromatic rings. The average molecular weight is 316 g/mol. The fourth-order valence-electron chi connectivity index (χ4n) is 1.77. The van der Waals surface area contributed by atoms with E-state index in [2.05, 4.69) is 19.9 Å². The van der Waals surface area contributed by atoms with Crippen LogP contribution in [-0.2, 0) is 0 Å². The Balaban J connectivity index is 2.35. The van der Waals surface area contributed by atoms with Gasteiger partial charge in [0.25, 0.3) is 0 Å². The number of halogens is 4. The molecule has 2 aromatic heterocycles. The zero-order valence-electron chi connectivity index (χ0n) is 9.90. The molecule has 5 nitrogen and oxygen atoms in total.